The number of halogens is 2. The Balaban J connectivity index is 0.00000288. The largest absolute Gasteiger partial charge is 0.356 e. The fourth-order valence-corrected chi connectivity index (χ4v) is 2.18. The Morgan fingerprint density at radius 2 is 2.08 bits per heavy atom. The van der Waals surface area contributed by atoms with Gasteiger partial charge < -0.3 is 10.6 Å². The molecule has 1 heterocycles. The molecule has 0 bridgehead atoms. The van der Waals surface area contributed by atoms with Crippen LogP contribution in [0.25, 0.3) is 0 Å². The molecule has 1 aromatic heterocycles. The number of benzene rings is 1. The van der Waals surface area contributed by atoms with Crippen molar-refractivity contribution in [2.24, 2.45) is 12.0 Å². The van der Waals surface area contributed by atoms with E-state index in [1.807, 2.05) is 13.1 Å². The average Bonchev–Trinajstić information content (AvgIpc) is 2.93. The van der Waals surface area contributed by atoms with E-state index in [2.05, 4.69) is 39.6 Å². The summed E-state index contributed by atoms with van der Waals surface area (Å²) in [5, 5.41) is 10.5. The Morgan fingerprint density at radius 1 is 1.33 bits per heavy atom. The van der Waals surface area contributed by atoms with Crippen molar-refractivity contribution in [1.29, 1.82) is 0 Å². The van der Waals surface area contributed by atoms with Gasteiger partial charge in [0.2, 0.25) is 0 Å². The van der Waals surface area contributed by atoms with E-state index in [9.17, 15) is 4.39 Å². The summed E-state index contributed by atoms with van der Waals surface area (Å²) in [7, 11) is 3.55. The minimum absolute atomic E-state index is 0. The second-order valence-electron chi connectivity index (χ2n) is 5.97. The van der Waals surface area contributed by atoms with E-state index in [0.29, 0.717) is 19.0 Å². The van der Waals surface area contributed by atoms with Gasteiger partial charge in [-0.3, -0.25) is 9.67 Å². The molecule has 0 amide bonds. The molecule has 6 nitrogen and oxygen atoms in total. The number of aromatic nitrogens is 3. The first-order valence-corrected chi connectivity index (χ1v) is 7.46. The molecular formula is C16H24FIN6. The van der Waals surface area contributed by atoms with E-state index in [-0.39, 0.29) is 35.2 Å². The highest BCUT2D eigenvalue weighted by Gasteiger charge is 2.21. The fourth-order valence-electron chi connectivity index (χ4n) is 2.18. The number of aryl methyl sites for hydroxylation is 1. The number of nitrogens with one attached hydrogen (secondary N) is 2. The van der Waals surface area contributed by atoms with Crippen molar-refractivity contribution >= 4 is 29.9 Å². The number of guanidine groups is 1. The van der Waals surface area contributed by atoms with Crippen molar-refractivity contribution in [3.63, 3.8) is 0 Å². The van der Waals surface area contributed by atoms with Gasteiger partial charge in [0.05, 0.1) is 6.54 Å². The third-order valence-corrected chi connectivity index (χ3v) is 3.75. The van der Waals surface area contributed by atoms with Gasteiger partial charge in [-0.25, -0.2) is 9.37 Å². The summed E-state index contributed by atoms with van der Waals surface area (Å²) in [4.78, 5) is 8.35. The fraction of sp³-hybridized carbons (Fsp3) is 0.438. The highest BCUT2D eigenvalue weighted by atomic mass is 127. The lowest BCUT2D eigenvalue weighted by atomic mass is 9.84. The molecule has 24 heavy (non-hydrogen) atoms. The molecule has 8 heteroatoms. The van der Waals surface area contributed by atoms with Crippen LogP contribution in [0.2, 0.25) is 0 Å². The summed E-state index contributed by atoms with van der Waals surface area (Å²) in [5.74, 6) is 1.26. The molecule has 0 unspecified atom stereocenters. The van der Waals surface area contributed by atoms with Crippen molar-refractivity contribution < 1.29 is 4.39 Å². The molecule has 0 radical (unpaired) electrons. The van der Waals surface area contributed by atoms with E-state index < -0.39 is 0 Å². The van der Waals surface area contributed by atoms with Crippen LogP contribution in [0.1, 0.15) is 25.2 Å². The standard InChI is InChI=1S/C16H23FN6.HI/c1-16(2,12-6-5-7-13(17)8-12)10-20-15(18-3)19-9-14-21-11-22-23(14)4;/h5-8,11H,9-10H2,1-4H3,(H2,18,19,20);1H. The molecule has 0 aliphatic carbocycles. The molecule has 0 aliphatic heterocycles. The monoisotopic (exact) mass is 446 g/mol. The minimum Gasteiger partial charge on any atom is -0.356 e. The molecule has 0 spiro atoms. The quantitative estimate of drug-likeness (QED) is 0.420. The highest BCUT2D eigenvalue weighted by Crippen LogP contribution is 2.22. The molecule has 2 rings (SSSR count). The van der Waals surface area contributed by atoms with E-state index >= 15 is 0 Å². The van der Waals surface area contributed by atoms with Gasteiger partial charge in [-0.2, -0.15) is 5.10 Å². The Labute approximate surface area is 159 Å². The zero-order chi connectivity index (χ0) is 16.9. The molecule has 2 N–H and O–H groups in total. The average molecular weight is 446 g/mol. The maximum Gasteiger partial charge on any atom is 0.191 e. The zero-order valence-electron chi connectivity index (χ0n) is 14.4. The van der Waals surface area contributed by atoms with Gasteiger partial charge in [0.15, 0.2) is 5.96 Å². The minimum atomic E-state index is -0.232. The summed E-state index contributed by atoms with van der Waals surface area (Å²) in [5.41, 5.74) is 0.707. The van der Waals surface area contributed by atoms with Crippen molar-refractivity contribution in [1.82, 2.24) is 25.4 Å². The normalized spacial score (nSPS) is 11.8. The van der Waals surface area contributed by atoms with E-state index in [0.717, 1.165) is 11.4 Å². The topological polar surface area (TPSA) is 67.1 Å². The predicted octanol–water partition coefficient (Wildman–Crippen LogP) is 2.22. The second kappa shape index (κ2) is 8.95. The Kier molecular flexibility index (Phi) is 7.59. The van der Waals surface area contributed by atoms with Crippen molar-refractivity contribution in [3.05, 3.63) is 47.8 Å². The molecular weight excluding hydrogens is 422 g/mol. The van der Waals surface area contributed by atoms with Crippen molar-refractivity contribution in [2.75, 3.05) is 13.6 Å². The van der Waals surface area contributed by atoms with Crippen molar-refractivity contribution in [2.45, 2.75) is 25.8 Å². The number of nitrogens with zero attached hydrogens (tertiary/aromatic N) is 4. The van der Waals surface area contributed by atoms with Crippen LogP contribution < -0.4 is 10.6 Å². The number of rotatable bonds is 5. The summed E-state index contributed by atoms with van der Waals surface area (Å²) in [6.45, 7) is 5.26. The van der Waals surface area contributed by atoms with Gasteiger partial charge in [0.1, 0.15) is 18.0 Å². The van der Waals surface area contributed by atoms with Gasteiger partial charge in [-0.15, -0.1) is 24.0 Å². The summed E-state index contributed by atoms with van der Waals surface area (Å²) in [6.07, 6.45) is 1.51. The maximum atomic E-state index is 13.4. The molecule has 132 valence electrons. The molecule has 0 fully saturated rings. The van der Waals surface area contributed by atoms with Crippen LogP contribution in [0.4, 0.5) is 4.39 Å². The van der Waals surface area contributed by atoms with Crippen LogP contribution >= 0.6 is 24.0 Å². The van der Waals surface area contributed by atoms with Gasteiger partial charge in [-0.05, 0) is 17.7 Å². The first-order chi connectivity index (χ1) is 10.9. The highest BCUT2D eigenvalue weighted by molar-refractivity contribution is 14.0. The molecule has 0 atom stereocenters. The summed E-state index contributed by atoms with van der Waals surface area (Å²) in [6, 6.07) is 6.68. The molecule has 0 saturated carbocycles. The second-order valence-corrected chi connectivity index (χ2v) is 5.97. The molecule has 2 aromatic rings. The van der Waals surface area contributed by atoms with Crippen LogP contribution in [-0.2, 0) is 19.0 Å². The third-order valence-electron chi connectivity index (χ3n) is 3.75. The molecule has 0 saturated heterocycles. The smallest absolute Gasteiger partial charge is 0.191 e. The van der Waals surface area contributed by atoms with Crippen LogP contribution in [-0.4, -0.2) is 34.3 Å². The van der Waals surface area contributed by atoms with Gasteiger partial charge >= 0.3 is 0 Å². The van der Waals surface area contributed by atoms with E-state index in [1.165, 1.54) is 12.4 Å². The third kappa shape index (κ3) is 5.43. The van der Waals surface area contributed by atoms with Crippen LogP contribution in [0.3, 0.4) is 0 Å². The Bertz CT molecular complexity index is 683. The SMILES string of the molecule is CN=C(NCc1ncnn1C)NCC(C)(C)c1cccc(F)c1.I. The van der Waals surface area contributed by atoms with Crippen molar-refractivity contribution in [3.8, 4) is 0 Å². The Morgan fingerprint density at radius 3 is 2.67 bits per heavy atom. The molecule has 0 aliphatic rings. The summed E-state index contributed by atoms with van der Waals surface area (Å²) < 4.78 is 15.1. The Hall–Kier alpha value is -1.71. The first kappa shape index (κ1) is 20.3. The lowest BCUT2D eigenvalue weighted by molar-refractivity contribution is 0.502. The lowest BCUT2D eigenvalue weighted by Crippen LogP contribution is -2.43. The van der Waals surface area contributed by atoms with Crippen LogP contribution in [0, 0.1) is 5.82 Å². The zero-order valence-corrected chi connectivity index (χ0v) is 16.7. The maximum absolute atomic E-state index is 13.4. The van der Waals surface area contributed by atoms with E-state index in [4.69, 9.17) is 0 Å². The van der Waals surface area contributed by atoms with Crippen LogP contribution in [0.5, 0.6) is 0 Å². The number of aliphatic imine (C=N–C) groups is 1. The van der Waals surface area contributed by atoms with Crippen LogP contribution in [0.15, 0.2) is 35.6 Å². The first-order valence-electron chi connectivity index (χ1n) is 7.46. The number of hydrogen-bond acceptors (Lipinski definition) is 3. The number of hydrogen-bond donors (Lipinski definition) is 2. The van der Waals surface area contributed by atoms with Gasteiger partial charge in [0, 0.05) is 26.1 Å². The summed E-state index contributed by atoms with van der Waals surface area (Å²) >= 11 is 0. The van der Waals surface area contributed by atoms with Gasteiger partial charge in [-0.1, -0.05) is 26.0 Å². The van der Waals surface area contributed by atoms with E-state index in [1.54, 1.807) is 23.9 Å². The lowest BCUT2D eigenvalue weighted by Gasteiger charge is -2.26. The predicted molar refractivity (Wildman–Crippen MR) is 104 cm³/mol. The van der Waals surface area contributed by atoms with Gasteiger partial charge in [0.25, 0.3) is 0 Å². The molecule has 1 aromatic carbocycles.